The highest BCUT2D eigenvalue weighted by atomic mass is 35.5. The van der Waals surface area contributed by atoms with Crippen LogP contribution in [0.1, 0.15) is 0 Å². The summed E-state index contributed by atoms with van der Waals surface area (Å²) in [6, 6.07) is 9.77. The normalized spacial score (nSPS) is 10.9. The molecule has 0 aliphatic rings. The molecule has 0 radical (unpaired) electrons. The molecule has 0 bridgehead atoms. The van der Waals surface area contributed by atoms with Crippen molar-refractivity contribution in [3.8, 4) is 11.4 Å². The lowest BCUT2D eigenvalue weighted by Crippen LogP contribution is -2.04. The fourth-order valence-electron chi connectivity index (χ4n) is 1.98. The lowest BCUT2D eigenvalue weighted by atomic mass is 10.2. The van der Waals surface area contributed by atoms with E-state index in [-0.39, 0.29) is 0 Å². The third-order valence-electron chi connectivity index (χ3n) is 2.92. The number of fused-ring (bicyclic) bond motifs is 1. The third-order valence-corrected chi connectivity index (χ3v) is 3.44. The van der Waals surface area contributed by atoms with Crippen LogP contribution in [-0.4, -0.2) is 27.2 Å². The molecule has 0 unspecified atom stereocenters. The van der Waals surface area contributed by atoms with Gasteiger partial charge in [0.25, 0.3) is 0 Å². The van der Waals surface area contributed by atoms with Crippen molar-refractivity contribution in [2.45, 2.75) is 0 Å². The number of hydrogen-bond donors (Lipinski definition) is 3. The number of nitrogens with zero attached hydrogens (tertiary/aromatic N) is 2. The molecule has 6 heteroatoms. The molecule has 0 saturated heterocycles. The molecule has 20 heavy (non-hydrogen) atoms. The van der Waals surface area contributed by atoms with Gasteiger partial charge in [0.15, 0.2) is 0 Å². The first kappa shape index (κ1) is 13.3. The molecule has 2 heterocycles. The maximum absolute atomic E-state index is 6.23. The van der Waals surface area contributed by atoms with Crippen molar-refractivity contribution in [3.05, 3.63) is 41.6 Å². The second kappa shape index (κ2) is 5.73. The van der Waals surface area contributed by atoms with Crippen LogP contribution in [0, 0.1) is 0 Å². The van der Waals surface area contributed by atoms with Gasteiger partial charge in [0.1, 0.15) is 11.6 Å². The summed E-state index contributed by atoms with van der Waals surface area (Å²) in [7, 11) is 0. The Morgan fingerprint density at radius 1 is 1.30 bits per heavy atom. The van der Waals surface area contributed by atoms with Gasteiger partial charge in [-0.15, -0.1) is 0 Å². The molecular formula is C14H13ClN4S. The maximum Gasteiger partial charge on any atom is 0.140 e. The Morgan fingerprint density at radius 3 is 2.95 bits per heavy atom. The summed E-state index contributed by atoms with van der Waals surface area (Å²) >= 11 is 10.4. The molecule has 0 spiro atoms. The summed E-state index contributed by atoms with van der Waals surface area (Å²) in [5, 5.41) is 3.75. The summed E-state index contributed by atoms with van der Waals surface area (Å²) in [6.07, 6.45) is 1.63. The van der Waals surface area contributed by atoms with E-state index in [1.807, 2.05) is 30.3 Å². The van der Waals surface area contributed by atoms with Gasteiger partial charge in [-0.2, -0.15) is 12.6 Å². The van der Waals surface area contributed by atoms with Crippen LogP contribution < -0.4 is 5.32 Å². The minimum absolute atomic E-state index is 0.570. The first-order valence-corrected chi connectivity index (χ1v) is 7.24. The molecule has 0 amide bonds. The van der Waals surface area contributed by atoms with Gasteiger partial charge in [0.2, 0.25) is 0 Å². The fourth-order valence-corrected chi connectivity index (χ4v) is 2.29. The minimum atomic E-state index is 0.570. The number of rotatable bonds is 4. The van der Waals surface area contributed by atoms with E-state index in [0.717, 1.165) is 40.5 Å². The number of para-hydroxylation sites is 2. The molecule has 2 aromatic heterocycles. The molecular weight excluding hydrogens is 292 g/mol. The number of halogens is 1. The predicted molar refractivity (Wildman–Crippen MR) is 86.7 cm³/mol. The van der Waals surface area contributed by atoms with Crippen LogP contribution in [0.25, 0.3) is 22.4 Å². The quantitative estimate of drug-likeness (QED) is 0.645. The number of aromatic amines is 1. The average Bonchev–Trinajstić information content (AvgIpc) is 2.90. The van der Waals surface area contributed by atoms with Crippen molar-refractivity contribution in [2.24, 2.45) is 0 Å². The number of hydrogen-bond acceptors (Lipinski definition) is 4. The highest BCUT2D eigenvalue weighted by Gasteiger charge is 2.10. The molecule has 1 aromatic carbocycles. The Bertz CT molecular complexity index is 708. The molecule has 4 nitrogen and oxygen atoms in total. The summed E-state index contributed by atoms with van der Waals surface area (Å²) in [5.41, 5.74) is 2.74. The van der Waals surface area contributed by atoms with Gasteiger partial charge < -0.3 is 10.3 Å². The largest absolute Gasteiger partial charge is 0.369 e. The van der Waals surface area contributed by atoms with Gasteiger partial charge >= 0.3 is 0 Å². The first-order valence-electron chi connectivity index (χ1n) is 6.23. The number of benzene rings is 1. The minimum Gasteiger partial charge on any atom is -0.369 e. The van der Waals surface area contributed by atoms with E-state index in [2.05, 4.69) is 32.9 Å². The second-order valence-corrected chi connectivity index (χ2v) is 5.16. The summed E-state index contributed by atoms with van der Waals surface area (Å²) < 4.78 is 0. The standard InChI is InChI=1S/C14H13ClN4S/c15-10-8-17-13(16-5-6-20)7-9(10)14-18-11-3-1-2-4-12(11)19-14/h1-4,7-8,20H,5-6H2,(H,16,17)(H,18,19). The van der Waals surface area contributed by atoms with E-state index in [9.17, 15) is 0 Å². The van der Waals surface area contributed by atoms with Crippen molar-refractivity contribution < 1.29 is 0 Å². The molecule has 3 aromatic rings. The Balaban J connectivity index is 2.03. The third kappa shape index (κ3) is 2.59. The molecule has 0 aliphatic heterocycles. The topological polar surface area (TPSA) is 53.6 Å². The first-order chi connectivity index (χ1) is 9.78. The summed E-state index contributed by atoms with van der Waals surface area (Å²) in [4.78, 5) is 12.1. The lowest BCUT2D eigenvalue weighted by Gasteiger charge is -2.06. The van der Waals surface area contributed by atoms with Crippen molar-refractivity contribution in [2.75, 3.05) is 17.6 Å². The van der Waals surface area contributed by atoms with Crippen molar-refractivity contribution in [1.29, 1.82) is 0 Å². The van der Waals surface area contributed by atoms with Crippen LogP contribution in [0.2, 0.25) is 5.02 Å². The van der Waals surface area contributed by atoms with E-state index in [0.29, 0.717) is 5.02 Å². The van der Waals surface area contributed by atoms with E-state index in [4.69, 9.17) is 11.6 Å². The second-order valence-electron chi connectivity index (χ2n) is 4.30. The van der Waals surface area contributed by atoms with E-state index in [1.165, 1.54) is 0 Å². The Kier molecular flexibility index (Phi) is 3.80. The van der Waals surface area contributed by atoms with Crippen LogP contribution in [-0.2, 0) is 0 Å². The van der Waals surface area contributed by atoms with Crippen molar-refractivity contribution in [1.82, 2.24) is 15.0 Å². The number of nitrogens with one attached hydrogen (secondary N) is 2. The zero-order valence-electron chi connectivity index (χ0n) is 10.6. The molecule has 0 fully saturated rings. The number of pyridine rings is 1. The number of aromatic nitrogens is 3. The van der Waals surface area contributed by atoms with Gasteiger partial charge in [-0.25, -0.2) is 9.97 Å². The SMILES string of the molecule is SCCNc1cc(-c2nc3ccccc3[nH]2)c(Cl)cn1. The summed E-state index contributed by atoms with van der Waals surface area (Å²) in [6.45, 7) is 0.747. The average molecular weight is 305 g/mol. The van der Waals surface area contributed by atoms with Crippen LogP contribution in [0.5, 0.6) is 0 Å². The number of H-pyrrole nitrogens is 1. The van der Waals surface area contributed by atoms with Crippen molar-refractivity contribution >= 4 is 41.1 Å². The van der Waals surface area contributed by atoms with E-state index in [1.54, 1.807) is 6.20 Å². The predicted octanol–water partition coefficient (Wildman–Crippen LogP) is 3.62. The molecule has 0 saturated carbocycles. The van der Waals surface area contributed by atoms with Crippen molar-refractivity contribution in [3.63, 3.8) is 0 Å². The highest BCUT2D eigenvalue weighted by Crippen LogP contribution is 2.28. The Morgan fingerprint density at radius 2 is 2.15 bits per heavy atom. The number of thiol groups is 1. The molecule has 102 valence electrons. The van der Waals surface area contributed by atoms with E-state index >= 15 is 0 Å². The molecule has 0 atom stereocenters. The van der Waals surface area contributed by atoms with Crippen LogP contribution >= 0.6 is 24.2 Å². The van der Waals surface area contributed by atoms with Gasteiger partial charge in [0.05, 0.1) is 16.1 Å². The molecule has 0 aliphatic carbocycles. The van der Waals surface area contributed by atoms with Gasteiger partial charge in [-0.1, -0.05) is 23.7 Å². The van der Waals surface area contributed by atoms with Crippen LogP contribution in [0.15, 0.2) is 36.5 Å². The Hall–Kier alpha value is -1.72. The van der Waals surface area contributed by atoms with E-state index < -0.39 is 0 Å². The highest BCUT2D eigenvalue weighted by molar-refractivity contribution is 7.80. The Labute approximate surface area is 127 Å². The number of anilines is 1. The fraction of sp³-hybridized carbons (Fsp3) is 0.143. The number of imidazole rings is 1. The molecule has 3 rings (SSSR count). The lowest BCUT2D eigenvalue weighted by molar-refractivity contribution is 1.17. The van der Waals surface area contributed by atoms with Gasteiger partial charge in [-0.3, -0.25) is 0 Å². The summed E-state index contributed by atoms with van der Waals surface area (Å²) in [5.74, 6) is 2.25. The van der Waals surface area contributed by atoms with Gasteiger partial charge in [-0.05, 0) is 18.2 Å². The zero-order chi connectivity index (χ0) is 13.9. The van der Waals surface area contributed by atoms with Gasteiger partial charge in [0, 0.05) is 24.1 Å². The smallest absolute Gasteiger partial charge is 0.140 e. The monoisotopic (exact) mass is 304 g/mol. The zero-order valence-corrected chi connectivity index (χ0v) is 12.2. The van der Waals surface area contributed by atoms with Crippen LogP contribution in [0.3, 0.4) is 0 Å². The maximum atomic E-state index is 6.23. The van der Waals surface area contributed by atoms with Crippen LogP contribution in [0.4, 0.5) is 5.82 Å². The molecule has 2 N–H and O–H groups in total.